The molecule has 2 heterocycles. The number of aliphatic hydroxyl groups is 3. The van der Waals surface area contributed by atoms with E-state index in [4.69, 9.17) is 9.84 Å². The van der Waals surface area contributed by atoms with Gasteiger partial charge >= 0.3 is 0 Å². The van der Waals surface area contributed by atoms with Crippen LogP contribution in [0.25, 0.3) is 0 Å². The third-order valence-corrected chi connectivity index (χ3v) is 2.87. The summed E-state index contributed by atoms with van der Waals surface area (Å²) in [5, 5.41) is 39.0. The Hall–Kier alpha value is -1.54. The zero-order valence-electron chi connectivity index (χ0n) is 9.34. The number of aliphatic hydroxyl groups excluding tert-OH is 3. The molecule has 1 fully saturated rings. The third kappa shape index (κ3) is 2.21. The number of carbonyl (C=O) groups is 1. The fraction of sp³-hybridized carbons (Fsp3) is 0.455. The first-order valence-electron chi connectivity index (χ1n) is 5.39. The molecule has 2 rings (SSSR count). The van der Waals surface area contributed by atoms with E-state index in [1.807, 2.05) is 0 Å². The molecule has 1 aliphatic heterocycles. The molecular weight excluding hydrogens is 242 g/mol. The molecule has 0 aliphatic carbocycles. The van der Waals surface area contributed by atoms with Gasteiger partial charge in [-0.25, -0.2) is 0 Å². The standard InChI is InChI=1S/C11H13NO6/c13-5-7-8(14)9(15)10(18-7)12-3-1-2-6(4-12)11(16)17/h1-4,7-10,13-15H,5H2. The lowest BCUT2D eigenvalue weighted by molar-refractivity contribution is -0.765. The molecule has 4 unspecified atom stereocenters. The second-order valence-electron chi connectivity index (χ2n) is 4.06. The number of hydrogen-bond donors (Lipinski definition) is 3. The maximum absolute atomic E-state index is 10.7. The number of pyridine rings is 1. The lowest BCUT2D eigenvalue weighted by Gasteiger charge is -2.10. The molecule has 0 bridgehead atoms. The molecule has 0 spiro atoms. The van der Waals surface area contributed by atoms with E-state index in [0.717, 1.165) is 0 Å². The lowest BCUT2D eigenvalue weighted by atomic mass is 10.1. The number of carboxylic acids is 1. The second kappa shape index (κ2) is 4.99. The Kier molecular flexibility index (Phi) is 3.58. The topological polar surface area (TPSA) is 114 Å². The maximum atomic E-state index is 10.7. The normalized spacial score (nSPS) is 31.5. The van der Waals surface area contributed by atoms with Gasteiger partial charge in [-0.1, -0.05) is 0 Å². The van der Waals surface area contributed by atoms with Crippen LogP contribution in [0.1, 0.15) is 16.6 Å². The number of rotatable bonds is 3. The summed E-state index contributed by atoms with van der Waals surface area (Å²) in [5.41, 5.74) is -0.0739. The van der Waals surface area contributed by atoms with Crippen LogP contribution < -0.4 is 9.67 Å². The first kappa shape index (κ1) is 12.9. The largest absolute Gasteiger partial charge is 0.545 e. The van der Waals surface area contributed by atoms with E-state index in [2.05, 4.69) is 0 Å². The highest BCUT2D eigenvalue weighted by Gasteiger charge is 2.47. The van der Waals surface area contributed by atoms with E-state index in [-0.39, 0.29) is 5.56 Å². The van der Waals surface area contributed by atoms with Crippen LogP contribution in [0.15, 0.2) is 24.5 Å². The molecule has 3 N–H and O–H groups in total. The molecule has 1 aromatic heterocycles. The van der Waals surface area contributed by atoms with E-state index < -0.39 is 37.1 Å². The van der Waals surface area contributed by atoms with Crippen LogP contribution in [-0.4, -0.2) is 46.2 Å². The van der Waals surface area contributed by atoms with Crippen molar-refractivity contribution >= 4 is 5.97 Å². The minimum atomic E-state index is -1.35. The Balaban J connectivity index is 2.27. The van der Waals surface area contributed by atoms with Gasteiger partial charge in [-0.05, 0) is 6.07 Å². The van der Waals surface area contributed by atoms with Crippen LogP contribution in [0.5, 0.6) is 0 Å². The van der Waals surface area contributed by atoms with Crippen molar-refractivity contribution in [2.45, 2.75) is 24.5 Å². The first-order chi connectivity index (χ1) is 8.54. The monoisotopic (exact) mass is 255 g/mol. The summed E-state index contributed by atoms with van der Waals surface area (Å²) in [6.45, 7) is -0.435. The van der Waals surface area contributed by atoms with Crippen molar-refractivity contribution in [3.05, 3.63) is 30.1 Å². The Labute approximate surface area is 102 Å². The highest BCUT2D eigenvalue weighted by molar-refractivity contribution is 5.84. The summed E-state index contributed by atoms with van der Waals surface area (Å²) in [6.07, 6.45) is -1.59. The van der Waals surface area contributed by atoms with Crippen molar-refractivity contribution in [2.75, 3.05) is 6.61 Å². The summed E-state index contributed by atoms with van der Waals surface area (Å²) in [4.78, 5) is 10.7. The third-order valence-electron chi connectivity index (χ3n) is 2.87. The van der Waals surface area contributed by atoms with Crippen molar-refractivity contribution in [1.29, 1.82) is 0 Å². The Morgan fingerprint density at radius 2 is 2.17 bits per heavy atom. The van der Waals surface area contributed by atoms with E-state index in [0.29, 0.717) is 0 Å². The number of aromatic carboxylic acids is 1. The Morgan fingerprint density at radius 1 is 1.44 bits per heavy atom. The van der Waals surface area contributed by atoms with Crippen molar-refractivity contribution in [3.8, 4) is 0 Å². The number of ether oxygens (including phenoxy) is 1. The van der Waals surface area contributed by atoms with Gasteiger partial charge in [-0.2, -0.15) is 4.57 Å². The van der Waals surface area contributed by atoms with Gasteiger partial charge in [0.15, 0.2) is 18.5 Å². The van der Waals surface area contributed by atoms with Crippen molar-refractivity contribution < 1.29 is 34.5 Å². The lowest BCUT2D eigenvalue weighted by Crippen LogP contribution is -2.46. The molecule has 1 saturated heterocycles. The molecule has 0 amide bonds. The fourth-order valence-corrected chi connectivity index (χ4v) is 1.90. The van der Waals surface area contributed by atoms with Gasteiger partial charge in [0.2, 0.25) is 0 Å². The van der Waals surface area contributed by atoms with E-state index in [9.17, 15) is 20.1 Å². The van der Waals surface area contributed by atoms with Gasteiger partial charge in [0.25, 0.3) is 6.23 Å². The van der Waals surface area contributed by atoms with Crippen LogP contribution in [0.3, 0.4) is 0 Å². The van der Waals surface area contributed by atoms with Crippen LogP contribution in [0.2, 0.25) is 0 Å². The number of hydrogen-bond acceptors (Lipinski definition) is 6. The van der Waals surface area contributed by atoms with E-state index >= 15 is 0 Å². The molecule has 98 valence electrons. The number of carbonyl (C=O) groups excluding carboxylic acids is 1. The predicted molar refractivity (Wildman–Crippen MR) is 54.0 cm³/mol. The molecule has 0 aromatic carbocycles. The molecule has 4 atom stereocenters. The quantitative estimate of drug-likeness (QED) is 0.494. The van der Waals surface area contributed by atoms with Crippen LogP contribution >= 0.6 is 0 Å². The Morgan fingerprint density at radius 3 is 2.72 bits per heavy atom. The SMILES string of the molecule is O=C([O-])c1ccc[n+](C2OC(CO)C(O)C2O)c1. The second-order valence-corrected chi connectivity index (χ2v) is 4.06. The summed E-state index contributed by atoms with van der Waals surface area (Å²) in [6, 6.07) is 2.80. The zero-order chi connectivity index (χ0) is 13.3. The number of nitrogens with zero attached hydrogens (tertiary/aromatic N) is 1. The highest BCUT2D eigenvalue weighted by atomic mass is 16.6. The van der Waals surface area contributed by atoms with Crippen LogP contribution in [0.4, 0.5) is 0 Å². The minimum Gasteiger partial charge on any atom is -0.545 e. The number of aromatic nitrogens is 1. The minimum absolute atomic E-state index is 0.0739. The first-order valence-corrected chi connectivity index (χ1v) is 5.39. The maximum Gasteiger partial charge on any atom is 0.292 e. The molecule has 7 heteroatoms. The average Bonchev–Trinajstić information content (AvgIpc) is 2.66. The Bertz CT molecular complexity index is 451. The molecule has 1 aromatic rings. The summed E-state index contributed by atoms with van der Waals surface area (Å²) in [5.74, 6) is -1.35. The molecule has 18 heavy (non-hydrogen) atoms. The predicted octanol–water partition coefficient (Wildman–Crippen LogP) is -3.05. The molecule has 0 saturated carbocycles. The molecule has 1 aliphatic rings. The summed E-state index contributed by atoms with van der Waals surface area (Å²) in [7, 11) is 0. The van der Waals surface area contributed by atoms with Gasteiger partial charge in [-0.3, -0.25) is 0 Å². The summed E-state index contributed by atoms with van der Waals surface area (Å²) < 4.78 is 6.57. The van der Waals surface area contributed by atoms with Crippen LogP contribution in [-0.2, 0) is 4.74 Å². The average molecular weight is 255 g/mol. The van der Waals surface area contributed by atoms with Crippen molar-refractivity contribution in [3.63, 3.8) is 0 Å². The van der Waals surface area contributed by atoms with Crippen molar-refractivity contribution in [1.82, 2.24) is 0 Å². The molecule has 7 nitrogen and oxygen atoms in total. The molecular formula is C11H13NO6. The van der Waals surface area contributed by atoms with Gasteiger partial charge in [0.1, 0.15) is 12.2 Å². The van der Waals surface area contributed by atoms with Gasteiger partial charge in [0, 0.05) is 6.07 Å². The van der Waals surface area contributed by atoms with E-state index in [1.54, 1.807) is 0 Å². The smallest absolute Gasteiger partial charge is 0.292 e. The van der Waals surface area contributed by atoms with Crippen LogP contribution in [0, 0.1) is 0 Å². The zero-order valence-corrected chi connectivity index (χ0v) is 9.34. The fourth-order valence-electron chi connectivity index (χ4n) is 1.90. The van der Waals surface area contributed by atoms with Gasteiger partial charge in [0.05, 0.1) is 18.1 Å². The van der Waals surface area contributed by atoms with E-state index in [1.165, 1.54) is 29.1 Å². The number of carboxylic acid groups (broad SMARTS) is 1. The highest BCUT2D eigenvalue weighted by Crippen LogP contribution is 2.24. The molecule has 0 radical (unpaired) electrons. The van der Waals surface area contributed by atoms with Gasteiger partial charge in [-0.15, -0.1) is 0 Å². The van der Waals surface area contributed by atoms with Crippen molar-refractivity contribution in [2.24, 2.45) is 0 Å². The van der Waals surface area contributed by atoms with Gasteiger partial charge < -0.3 is 30.0 Å². The summed E-state index contributed by atoms with van der Waals surface area (Å²) >= 11 is 0.